The molecule has 1 aromatic carbocycles. The predicted octanol–water partition coefficient (Wildman–Crippen LogP) is 2.87. The van der Waals surface area contributed by atoms with Gasteiger partial charge in [0, 0.05) is 25.6 Å². The van der Waals surface area contributed by atoms with Crippen molar-refractivity contribution in [1.82, 2.24) is 4.90 Å². The molecule has 1 atom stereocenters. The largest absolute Gasteiger partial charge is 0.343 e. The van der Waals surface area contributed by atoms with E-state index in [4.69, 9.17) is 5.73 Å². The van der Waals surface area contributed by atoms with Crippen molar-refractivity contribution < 1.29 is 4.79 Å². The van der Waals surface area contributed by atoms with Crippen LogP contribution in [0.15, 0.2) is 24.3 Å². The normalized spacial score (nSPS) is 22.3. The minimum atomic E-state index is 0. The molecule has 1 aromatic rings. The number of piperidine rings is 1. The SMILES string of the molecule is Cl.NC1CCN(C(=O)CC2CCCc3ccccc32)CC1. The van der Waals surface area contributed by atoms with Crippen LogP contribution >= 0.6 is 12.4 Å². The van der Waals surface area contributed by atoms with Gasteiger partial charge in [-0.05, 0) is 49.1 Å². The Morgan fingerprint density at radius 1 is 1.19 bits per heavy atom. The van der Waals surface area contributed by atoms with Crippen molar-refractivity contribution in [3.05, 3.63) is 35.4 Å². The van der Waals surface area contributed by atoms with Gasteiger partial charge in [0.1, 0.15) is 0 Å². The molecule has 1 amide bonds. The number of amides is 1. The number of carbonyl (C=O) groups is 1. The van der Waals surface area contributed by atoms with E-state index in [0.29, 0.717) is 18.2 Å². The van der Waals surface area contributed by atoms with E-state index >= 15 is 0 Å². The Morgan fingerprint density at radius 2 is 1.90 bits per heavy atom. The summed E-state index contributed by atoms with van der Waals surface area (Å²) in [6.45, 7) is 1.68. The van der Waals surface area contributed by atoms with E-state index in [1.54, 1.807) is 0 Å². The van der Waals surface area contributed by atoms with E-state index in [0.717, 1.165) is 32.4 Å². The zero-order chi connectivity index (χ0) is 13.9. The number of nitrogens with two attached hydrogens (primary N) is 1. The summed E-state index contributed by atoms with van der Waals surface area (Å²) in [4.78, 5) is 14.5. The lowest BCUT2D eigenvalue weighted by molar-refractivity contribution is -0.132. The molecule has 1 saturated heterocycles. The first-order valence-corrected chi connectivity index (χ1v) is 7.85. The van der Waals surface area contributed by atoms with E-state index in [9.17, 15) is 4.79 Å². The van der Waals surface area contributed by atoms with E-state index in [1.807, 2.05) is 4.90 Å². The highest BCUT2D eigenvalue weighted by molar-refractivity contribution is 5.85. The van der Waals surface area contributed by atoms with Gasteiger partial charge in [0.15, 0.2) is 0 Å². The van der Waals surface area contributed by atoms with E-state index in [-0.39, 0.29) is 18.4 Å². The third kappa shape index (κ3) is 3.78. The quantitative estimate of drug-likeness (QED) is 0.913. The topological polar surface area (TPSA) is 46.3 Å². The minimum Gasteiger partial charge on any atom is -0.343 e. The van der Waals surface area contributed by atoms with E-state index < -0.39 is 0 Å². The monoisotopic (exact) mass is 308 g/mol. The van der Waals surface area contributed by atoms with Crippen LogP contribution in [-0.4, -0.2) is 29.9 Å². The van der Waals surface area contributed by atoms with E-state index in [2.05, 4.69) is 24.3 Å². The molecule has 3 nitrogen and oxygen atoms in total. The van der Waals surface area contributed by atoms with Gasteiger partial charge in [-0.15, -0.1) is 12.4 Å². The van der Waals surface area contributed by atoms with Crippen LogP contribution in [0.25, 0.3) is 0 Å². The summed E-state index contributed by atoms with van der Waals surface area (Å²) in [7, 11) is 0. The average molecular weight is 309 g/mol. The number of likely N-dealkylation sites (tertiary alicyclic amines) is 1. The second kappa shape index (κ2) is 7.28. The van der Waals surface area contributed by atoms with Gasteiger partial charge in [0.05, 0.1) is 0 Å². The fraction of sp³-hybridized carbons (Fsp3) is 0.588. The zero-order valence-corrected chi connectivity index (χ0v) is 13.3. The number of aryl methyl sites for hydroxylation is 1. The Hall–Kier alpha value is -1.06. The third-order valence-corrected chi connectivity index (χ3v) is 4.81. The Labute approximate surface area is 133 Å². The Bertz CT molecular complexity index is 483. The van der Waals surface area contributed by atoms with Crippen LogP contribution in [0.1, 0.15) is 49.1 Å². The van der Waals surface area contributed by atoms with Crippen molar-refractivity contribution in [2.45, 2.75) is 50.5 Å². The molecule has 0 saturated carbocycles. The molecule has 116 valence electrons. The maximum atomic E-state index is 12.5. The Kier molecular flexibility index (Phi) is 5.65. The van der Waals surface area contributed by atoms with Crippen LogP contribution in [0, 0.1) is 0 Å². The fourth-order valence-electron chi connectivity index (χ4n) is 3.56. The van der Waals surface area contributed by atoms with Crippen LogP contribution in [-0.2, 0) is 11.2 Å². The molecular weight excluding hydrogens is 284 g/mol. The van der Waals surface area contributed by atoms with Gasteiger partial charge in [-0.3, -0.25) is 4.79 Å². The molecule has 1 fully saturated rings. The van der Waals surface area contributed by atoms with E-state index in [1.165, 1.54) is 24.0 Å². The summed E-state index contributed by atoms with van der Waals surface area (Å²) in [6.07, 6.45) is 6.10. The molecule has 1 aliphatic carbocycles. The molecule has 1 unspecified atom stereocenters. The number of hydrogen-bond acceptors (Lipinski definition) is 2. The van der Waals surface area contributed by atoms with Crippen molar-refractivity contribution >= 4 is 18.3 Å². The maximum Gasteiger partial charge on any atom is 0.223 e. The van der Waals surface area contributed by atoms with Gasteiger partial charge in [-0.1, -0.05) is 24.3 Å². The van der Waals surface area contributed by atoms with Gasteiger partial charge in [-0.25, -0.2) is 0 Å². The molecule has 1 heterocycles. The molecule has 0 spiro atoms. The summed E-state index contributed by atoms with van der Waals surface area (Å²) in [5.74, 6) is 0.738. The van der Waals surface area contributed by atoms with Crippen LogP contribution in [0.3, 0.4) is 0 Å². The third-order valence-electron chi connectivity index (χ3n) is 4.81. The molecule has 1 aliphatic heterocycles. The summed E-state index contributed by atoms with van der Waals surface area (Å²) in [5, 5.41) is 0. The minimum absolute atomic E-state index is 0. The first-order chi connectivity index (χ1) is 9.74. The lowest BCUT2D eigenvalue weighted by Gasteiger charge is -2.32. The zero-order valence-electron chi connectivity index (χ0n) is 12.5. The Morgan fingerprint density at radius 3 is 2.67 bits per heavy atom. The number of nitrogens with zero attached hydrogens (tertiary/aromatic N) is 1. The molecule has 0 radical (unpaired) electrons. The lowest BCUT2D eigenvalue weighted by atomic mass is 9.81. The van der Waals surface area contributed by atoms with Gasteiger partial charge in [-0.2, -0.15) is 0 Å². The van der Waals surface area contributed by atoms with Gasteiger partial charge >= 0.3 is 0 Å². The van der Waals surface area contributed by atoms with Gasteiger partial charge in [0.25, 0.3) is 0 Å². The second-order valence-corrected chi connectivity index (χ2v) is 6.21. The number of hydrogen-bond donors (Lipinski definition) is 1. The second-order valence-electron chi connectivity index (χ2n) is 6.21. The molecule has 3 rings (SSSR count). The molecule has 0 bridgehead atoms. The smallest absolute Gasteiger partial charge is 0.223 e. The van der Waals surface area contributed by atoms with Crippen LogP contribution in [0.4, 0.5) is 0 Å². The number of halogens is 1. The highest BCUT2D eigenvalue weighted by Crippen LogP contribution is 2.34. The highest BCUT2D eigenvalue weighted by Gasteiger charge is 2.26. The number of carbonyl (C=O) groups excluding carboxylic acids is 1. The molecule has 4 heteroatoms. The first-order valence-electron chi connectivity index (χ1n) is 7.85. The molecular formula is C17H25ClN2O. The molecule has 21 heavy (non-hydrogen) atoms. The predicted molar refractivity (Wildman–Crippen MR) is 87.8 cm³/mol. The van der Waals surface area contributed by atoms with Gasteiger partial charge < -0.3 is 10.6 Å². The average Bonchev–Trinajstić information content (AvgIpc) is 2.48. The van der Waals surface area contributed by atoms with Crippen molar-refractivity contribution in [1.29, 1.82) is 0 Å². The fourth-order valence-corrected chi connectivity index (χ4v) is 3.56. The van der Waals surface area contributed by atoms with Gasteiger partial charge in [0.2, 0.25) is 5.91 Å². The Balaban J connectivity index is 0.00000161. The highest BCUT2D eigenvalue weighted by atomic mass is 35.5. The van der Waals surface area contributed by atoms with Crippen LogP contribution in [0.2, 0.25) is 0 Å². The molecule has 2 aliphatic rings. The van der Waals surface area contributed by atoms with Crippen LogP contribution in [0.5, 0.6) is 0 Å². The summed E-state index contributed by atoms with van der Waals surface area (Å²) >= 11 is 0. The maximum absolute atomic E-state index is 12.5. The number of rotatable bonds is 2. The van der Waals surface area contributed by atoms with Crippen molar-refractivity contribution in [2.75, 3.05) is 13.1 Å². The molecule has 0 aromatic heterocycles. The van der Waals surface area contributed by atoms with Crippen molar-refractivity contribution in [3.8, 4) is 0 Å². The first kappa shape index (κ1) is 16.3. The lowest BCUT2D eigenvalue weighted by Crippen LogP contribution is -2.43. The van der Waals surface area contributed by atoms with Crippen LogP contribution < -0.4 is 5.73 Å². The van der Waals surface area contributed by atoms with Crippen molar-refractivity contribution in [2.24, 2.45) is 5.73 Å². The molecule has 2 N–H and O–H groups in total. The summed E-state index contributed by atoms with van der Waals surface area (Å²) in [6, 6.07) is 8.91. The number of fused-ring (bicyclic) bond motifs is 1. The summed E-state index contributed by atoms with van der Waals surface area (Å²) in [5.41, 5.74) is 8.75. The van der Waals surface area contributed by atoms with Crippen molar-refractivity contribution in [3.63, 3.8) is 0 Å². The standard InChI is InChI=1S/C17H24N2O.ClH/c18-15-8-10-19(11-9-15)17(20)12-14-6-3-5-13-4-1-2-7-16(13)14;/h1-2,4,7,14-15H,3,5-6,8-12,18H2;1H. The number of benzene rings is 1. The summed E-state index contributed by atoms with van der Waals surface area (Å²) < 4.78 is 0.